The van der Waals surface area contributed by atoms with Gasteiger partial charge in [-0.15, -0.1) is 10.2 Å². The van der Waals surface area contributed by atoms with Gasteiger partial charge in [-0.05, 0) is 118 Å². The minimum absolute atomic E-state index is 0.184. The van der Waals surface area contributed by atoms with Gasteiger partial charge in [0, 0.05) is 40.4 Å². The monoisotopic (exact) mass is 816 g/mol. The highest BCUT2D eigenvalue weighted by molar-refractivity contribution is 7.89. The number of hydrogen-bond donors (Lipinski definition) is 3. The molecule has 12 nitrogen and oxygen atoms in total. The molecule has 9 rings (SSSR count). The smallest absolute Gasteiger partial charge is 0.241 e. The van der Waals surface area contributed by atoms with E-state index in [9.17, 15) is 25.6 Å². The first-order valence-electron chi connectivity index (χ1n) is 17.9. The quantitative estimate of drug-likeness (QED) is 0.127. The summed E-state index contributed by atoms with van der Waals surface area (Å²) in [4.78, 5) is 0.400. The number of aryl methyl sites for hydroxylation is 1. The van der Waals surface area contributed by atoms with E-state index in [1.54, 1.807) is 65.3 Å². The fraction of sp³-hybridized carbons (Fsp3) is 0.282. The van der Waals surface area contributed by atoms with Crippen molar-refractivity contribution in [1.29, 1.82) is 0 Å². The molecule has 3 aromatic heterocycles. The SMILES string of the molecule is CC1(NS(=O)(=O)c2ccc3c(Cc4ccc(F)cc4)[nH]nc3c2)CC1.Cc1nnc(-n2nc(Cc3ccc(F)cc3)c3ccc(S(=O)(=O)NC4(C)CC4)cc32)s1. The molecular formula is C39H38F2N8O4S3. The van der Waals surface area contributed by atoms with Crippen molar-refractivity contribution < 1.29 is 25.6 Å². The van der Waals surface area contributed by atoms with Gasteiger partial charge in [-0.1, -0.05) is 35.6 Å². The topological polar surface area (TPSA) is 165 Å². The van der Waals surface area contributed by atoms with Crippen molar-refractivity contribution >= 4 is 53.2 Å². The molecule has 2 fully saturated rings. The summed E-state index contributed by atoms with van der Waals surface area (Å²) in [7, 11) is -7.21. The summed E-state index contributed by atoms with van der Waals surface area (Å²) < 4.78 is 84.2. The number of benzene rings is 4. The molecule has 0 atom stereocenters. The molecule has 3 N–H and O–H groups in total. The lowest BCUT2D eigenvalue weighted by atomic mass is 10.1. The maximum atomic E-state index is 13.3. The molecule has 0 radical (unpaired) electrons. The van der Waals surface area contributed by atoms with E-state index in [1.165, 1.54) is 35.6 Å². The zero-order valence-corrected chi connectivity index (χ0v) is 33.1. The molecule has 3 heterocycles. The van der Waals surface area contributed by atoms with Crippen LogP contribution in [-0.2, 0) is 32.9 Å². The lowest BCUT2D eigenvalue weighted by Gasteiger charge is -2.12. The molecule has 56 heavy (non-hydrogen) atoms. The van der Waals surface area contributed by atoms with E-state index in [4.69, 9.17) is 5.10 Å². The first-order valence-corrected chi connectivity index (χ1v) is 21.7. The molecule has 0 saturated heterocycles. The normalized spacial score (nSPS) is 15.8. The van der Waals surface area contributed by atoms with Gasteiger partial charge in [-0.3, -0.25) is 5.10 Å². The van der Waals surface area contributed by atoms with Crippen molar-refractivity contribution in [3.63, 3.8) is 0 Å². The lowest BCUT2D eigenvalue weighted by molar-refractivity contribution is 0.556. The Morgan fingerprint density at radius 1 is 0.732 bits per heavy atom. The number of aromatic amines is 1. The van der Waals surface area contributed by atoms with Crippen LogP contribution in [0.4, 0.5) is 8.78 Å². The summed E-state index contributed by atoms with van der Waals surface area (Å²) in [6.07, 6.45) is 4.43. The molecule has 7 aromatic rings. The Hall–Kier alpha value is -4.94. The third kappa shape index (κ3) is 8.27. The Kier molecular flexibility index (Phi) is 9.64. The van der Waals surface area contributed by atoms with Crippen LogP contribution in [0.15, 0.2) is 94.7 Å². The molecule has 17 heteroatoms. The zero-order valence-electron chi connectivity index (χ0n) is 30.7. The molecule has 2 aliphatic rings. The summed E-state index contributed by atoms with van der Waals surface area (Å²) in [5.74, 6) is -0.569. The Balaban J connectivity index is 0.000000161. The fourth-order valence-corrected chi connectivity index (χ4v) is 9.89. The van der Waals surface area contributed by atoms with Crippen molar-refractivity contribution in [3.05, 3.63) is 124 Å². The zero-order chi connectivity index (χ0) is 39.5. The molecule has 290 valence electrons. The van der Waals surface area contributed by atoms with Gasteiger partial charge in [0.15, 0.2) is 0 Å². The van der Waals surface area contributed by atoms with E-state index >= 15 is 0 Å². The highest BCUT2D eigenvalue weighted by atomic mass is 32.2. The second-order valence-corrected chi connectivity index (χ2v) is 19.5. The minimum atomic E-state index is -3.66. The van der Waals surface area contributed by atoms with Gasteiger partial charge in [-0.25, -0.2) is 39.7 Å². The number of fused-ring (bicyclic) bond motifs is 2. The Morgan fingerprint density at radius 2 is 1.27 bits per heavy atom. The number of halogens is 2. The van der Waals surface area contributed by atoms with Gasteiger partial charge in [0.05, 0.1) is 26.5 Å². The first kappa shape index (κ1) is 38.0. The third-order valence-electron chi connectivity index (χ3n) is 9.99. The molecule has 2 aliphatic carbocycles. The number of H-pyrrole nitrogens is 1. The van der Waals surface area contributed by atoms with Crippen LogP contribution in [0, 0.1) is 18.6 Å². The number of nitrogens with one attached hydrogen (secondary N) is 3. The largest absolute Gasteiger partial charge is 0.281 e. The highest BCUT2D eigenvalue weighted by Crippen LogP contribution is 2.37. The summed E-state index contributed by atoms with van der Waals surface area (Å²) in [5, 5.41) is 23.2. The van der Waals surface area contributed by atoms with E-state index in [0.717, 1.165) is 64.0 Å². The molecule has 2 saturated carbocycles. The van der Waals surface area contributed by atoms with Crippen molar-refractivity contribution in [1.82, 2.24) is 39.6 Å². The predicted molar refractivity (Wildman–Crippen MR) is 210 cm³/mol. The van der Waals surface area contributed by atoms with Gasteiger partial charge in [0.1, 0.15) is 16.6 Å². The van der Waals surface area contributed by atoms with E-state index in [1.807, 2.05) is 20.8 Å². The van der Waals surface area contributed by atoms with Crippen molar-refractivity contribution in [2.75, 3.05) is 0 Å². The summed E-state index contributed by atoms with van der Waals surface area (Å²) in [6.45, 7) is 5.65. The molecule has 0 spiro atoms. The number of aromatic nitrogens is 6. The van der Waals surface area contributed by atoms with E-state index in [0.29, 0.717) is 29.0 Å². The number of rotatable bonds is 11. The van der Waals surface area contributed by atoms with Gasteiger partial charge in [-0.2, -0.15) is 10.2 Å². The van der Waals surface area contributed by atoms with Crippen LogP contribution in [0.1, 0.15) is 67.1 Å². The second kappa shape index (κ2) is 14.2. The standard InChI is InChI=1S/C21H20FN5O2S2.C18H18FN3O2S/c1-13-23-24-20(30-13)27-19-12-16(31(28,29)26-21(2)9-10-21)7-8-17(19)18(25-27)11-14-3-5-15(22)6-4-14;1-18(8-9-18)22-25(23,24)14-6-7-15-16(20-21-17(15)11-14)10-12-2-4-13(19)5-3-12/h3-8,12,26H,9-11H2,1-2H3;2-7,11,22H,8-10H2,1H3,(H,20,21). The van der Waals surface area contributed by atoms with Crippen molar-refractivity contribution in [2.24, 2.45) is 0 Å². The molecule has 0 bridgehead atoms. The van der Waals surface area contributed by atoms with Crippen LogP contribution in [0.5, 0.6) is 0 Å². The average molecular weight is 817 g/mol. The second-order valence-electron chi connectivity index (χ2n) is 15.0. The minimum Gasteiger partial charge on any atom is -0.281 e. The van der Waals surface area contributed by atoms with E-state index in [2.05, 4.69) is 29.8 Å². The summed E-state index contributed by atoms with van der Waals surface area (Å²) in [6, 6.07) is 22.5. The first-order chi connectivity index (χ1) is 26.6. The van der Waals surface area contributed by atoms with Gasteiger partial charge >= 0.3 is 0 Å². The number of hydrogen-bond acceptors (Lipinski definition) is 9. The molecule has 0 unspecified atom stereocenters. The van der Waals surface area contributed by atoms with Gasteiger partial charge in [0.25, 0.3) is 0 Å². The van der Waals surface area contributed by atoms with Crippen LogP contribution in [0.3, 0.4) is 0 Å². The van der Waals surface area contributed by atoms with E-state index in [-0.39, 0.29) is 32.5 Å². The van der Waals surface area contributed by atoms with Crippen molar-refractivity contribution in [2.45, 2.75) is 80.2 Å². The summed E-state index contributed by atoms with van der Waals surface area (Å²) in [5.41, 5.74) is 4.03. The van der Waals surface area contributed by atoms with Gasteiger partial charge < -0.3 is 0 Å². The maximum absolute atomic E-state index is 13.3. The van der Waals surface area contributed by atoms with Gasteiger partial charge in [0.2, 0.25) is 25.2 Å². The van der Waals surface area contributed by atoms with Crippen LogP contribution in [0.25, 0.3) is 26.9 Å². The predicted octanol–water partition coefficient (Wildman–Crippen LogP) is 6.87. The summed E-state index contributed by atoms with van der Waals surface area (Å²) >= 11 is 1.37. The average Bonchev–Trinajstić information content (AvgIpc) is 3.86. The fourth-order valence-electron chi connectivity index (χ4n) is 6.27. The molecule has 0 aliphatic heterocycles. The van der Waals surface area contributed by atoms with Crippen LogP contribution < -0.4 is 9.44 Å². The third-order valence-corrected chi connectivity index (χ3v) is 14.1. The van der Waals surface area contributed by atoms with E-state index < -0.39 is 20.0 Å². The van der Waals surface area contributed by atoms with Crippen LogP contribution >= 0.6 is 11.3 Å². The molecule has 0 amide bonds. The van der Waals surface area contributed by atoms with Crippen LogP contribution in [-0.4, -0.2) is 58.1 Å². The Bertz CT molecular complexity index is 2810. The number of nitrogens with zero attached hydrogens (tertiary/aromatic N) is 5. The highest BCUT2D eigenvalue weighted by Gasteiger charge is 2.42. The number of sulfonamides is 2. The molecular weight excluding hydrogens is 779 g/mol. The lowest BCUT2D eigenvalue weighted by Crippen LogP contribution is -2.34. The maximum Gasteiger partial charge on any atom is 0.241 e. The van der Waals surface area contributed by atoms with Crippen LogP contribution in [0.2, 0.25) is 0 Å². The Labute approximate surface area is 326 Å². The Morgan fingerprint density at radius 3 is 1.80 bits per heavy atom. The molecule has 4 aromatic carbocycles. The van der Waals surface area contributed by atoms with Crippen molar-refractivity contribution in [3.8, 4) is 5.13 Å².